The summed E-state index contributed by atoms with van der Waals surface area (Å²) in [6, 6.07) is 5.77. The van der Waals surface area contributed by atoms with Crippen molar-refractivity contribution in [3.05, 3.63) is 44.1 Å². The highest BCUT2D eigenvalue weighted by Crippen LogP contribution is 2.27. The summed E-state index contributed by atoms with van der Waals surface area (Å²) in [5, 5.41) is 9.27. The van der Waals surface area contributed by atoms with E-state index in [4.69, 9.17) is 23.2 Å². The average Bonchev–Trinajstić information content (AvgIpc) is 2.76. The van der Waals surface area contributed by atoms with Crippen molar-refractivity contribution >= 4 is 44.8 Å². The fraction of sp³-hybridized carbons (Fsp3) is 0.357. The lowest BCUT2D eigenvalue weighted by Gasteiger charge is -2.09. The number of nitrogens with zero attached hydrogens (tertiary/aromatic N) is 2. The lowest BCUT2D eigenvalue weighted by atomic mass is 10.2. The maximum absolute atomic E-state index is 6.37. The Balaban J connectivity index is 2.17. The number of benzene rings is 1. The maximum atomic E-state index is 6.37. The third-order valence-electron chi connectivity index (χ3n) is 3.07. The SMILES string of the molecule is CCc1nn(CC)c(CNc2ccc(Br)c(Cl)c2)c1Cl. The van der Waals surface area contributed by atoms with Gasteiger partial charge in [0.1, 0.15) is 0 Å². The van der Waals surface area contributed by atoms with Crippen molar-refractivity contribution in [1.29, 1.82) is 0 Å². The largest absolute Gasteiger partial charge is 0.379 e. The Kier molecular flexibility index (Phi) is 5.35. The van der Waals surface area contributed by atoms with Crippen molar-refractivity contribution in [2.75, 3.05) is 5.32 Å². The van der Waals surface area contributed by atoms with Gasteiger partial charge in [-0.2, -0.15) is 5.10 Å². The van der Waals surface area contributed by atoms with Crippen LogP contribution in [0.25, 0.3) is 0 Å². The number of rotatable bonds is 5. The fourth-order valence-corrected chi connectivity index (χ4v) is 2.74. The third-order valence-corrected chi connectivity index (χ3v) is 4.74. The minimum atomic E-state index is 0.623. The van der Waals surface area contributed by atoms with Crippen LogP contribution in [-0.2, 0) is 19.5 Å². The Bertz CT molecular complexity index is 611. The van der Waals surface area contributed by atoms with Crippen molar-refractivity contribution in [3.8, 4) is 0 Å². The number of anilines is 1. The number of hydrogen-bond acceptors (Lipinski definition) is 2. The summed E-state index contributed by atoms with van der Waals surface area (Å²) in [6.45, 7) is 5.54. The summed E-state index contributed by atoms with van der Waals surface area (Å²) in [5.74, 6) is 0. The lowest BCUT2D eigenvalue weighted by molar-refractivity contribution is 0.619. The molecule has 0 saturated heterocycles. The molecule has 108 valence electrons. The molecule has 3 nitrogen and oxygen atoms in total. The summed E-state index contributed by atoms with van der Waals surface area (Å²) in [6.07, 6.45) is 0.836. The van der Waals surface area contributed by atoms with E-state index in [-0.39, 0.29) is 0 Å². The number of nitrogens with one attached hydrogen (secondary N) is 1. The van der Waals surface area contributed by atoms with Crippen LogP contribution >= 0.6 is 39.1 Å². The van der Waals surface area contributed by atoms with Gasteiger partial charge in [0.2, 0.25) is 0 Å². The molecule has 20 heavy (non-hydrogen) atoms. The van der Waals surface area contributed by atoms with E-state index in [9.17, 15) is 0 Å². The molecule has 2 aromatic rings. The average molecular weight is 377 g/mol. The fourth-order valence-electron chi connectivity index (χ4n) is 1.98. The van der Waals surface area contributed by atoms with Gasteiger partial charge < -0.3 is 5.32 Å². The van der Waals surface area contributed by atoms with Crippen LogP contribution in [-0.4, -0.2) is 9.78 Å². The summed E-state index contributed by atoms with van der Waals surface area (Å²) in [4.78, 5) is 0. The Morgan fingerprint density at radius 3 is 2.65 bits per heavy atom. The van der Waals surface area contributed by atoms with E-state index in [1.54, 1.807) is 0 Å². The van der Waals surface area contributed by atoms with Crippen molar-refractivity contribution < 1.29 is 0 Å². The summed E-state index contributed by atoms with van der Waals surface area (Å²) in [7, 11) is 0. The number of aromatic nitrogens is 2. The molecule has 0 atom stereocenters. The van der Waals surface area contributed by atoms with Crippen LogP contribution in [0.15, 0.2) is 22.7 Å². The van der Waals surface area contributed by atoms with Crippen LogP contribution < -0.4 is 5.32 Å². The van der Waals surface area contributed by atoms with Crippen LogP contribution in [0.2, 0.25) is 10.0 Å². The van der Waals surface area contributed by atoms with Crippen LogP contribution in [0, 0.1) is 0 Å². The molecule has 0 aliphatic heterocycles. The van der Waals surface area contributed by atoms with Crippen LogP contribution in [0.5, 0.6) is 0 Å². The van der Waals surface area contributed by atoms with Crippen LogP contribution in [0.1, 0.15) is 25.2 Å². The van der Waals surface area contributed by atoms with Gasteiger partial charge in [0.25, 0.3) is 0 Å². The molecule has 0 amide bonds. The minimum absolute atomic E-state index is 0.623. The highest BCUT2D eigenvalue weighted by atomic mass is 79.9. The molecule has 0 saturated carbocycles. The van der Waals surface area contributed by atoms with E-state index < -0.39 is 0 Å². The van der Waals surface area contributed by atoms with Gasteiger partial charge in [0, 0.05) is 16.7 Å². The maximum Gasteiger partial charge on any atom is 0.0868 e. The molecule has 0 radical (unpaired) electrons. The Hall–Kier alpha value is -0.710. The predicted molar refractivity (Wildman–Crippen MR) is 88.8 cm³/mol. The molecule has 1 N–H and O–H groups in total. The second kappa shape index (κ2) is 6.83. The number of hydrogen-bond donors (Lipinski definition) is 1. The minimum Gasteiger partial charge on any atom is -0.379 e. The van der Waals surface area contributed by atoms with E-state index in [1.165, 1.54) is 0 Å². The molecule has 6 heteroatoms. The van der Waals surface area contributed by atoms with Crippen molar-refractivity contribution in [2.45, 2.75) is 33.4 Å². The zero-order valence-corrected chi connectivity index (χ0v) is 14.5. The highest BCUT2D eigenvalue weighted by Gasteiger charge is 2.13. The highest BCUT2D eigenvalue weighted by molar-refractivity contribution is 9.10. The predicted octanol–water partition coefficient (Wildman–Crippen LogP) is 5.15. The molecule has 1 aromatic heterocycles. The number of halogens is 3. The first-order valence-electron chi connectivity index (χ1n) is 6.49. The molecule has 0 aliphatic carbocycles. The van der Waals surface area contributed by atoms with Gasteiger partial charge in [-0.25, -0.2) is 0 Å². The first kappa shape index (κ1) is 15.7. The molecule has 2 rings (SSSR count). The zero-order valence-electron chi connectivity index (χ0n) is 11.4. The second-order valence-corrected chi connectivity index (χ2v) is 6.00. The molecule has 1 heterocycles. The monoisotopic (exact) mass is 375 g/mol. The molecule has 0 fully saturated rings. The van der Waals surface area contributed by atoms with E-state index in [2.05, 4.69) is 40.2 Å². The normalized spacial score (nSPS) is 10.8. The molecule has 0 unspecified atom stereocenters. The standard InChI is InChI=1S/C14H16BrCl2N3/c1-3-12-14(17)13(20(4-2)19-12)8-18-9-5-6-10(15)11(16)7-9/h5-7,18H,3-4,8H2,1-2H3. The van der Waals surface area contributed by atoms with Gasteiger partial charge >= 0.3 is 0 Å². The van der Waals surface area contributed by atoms with Gasteiger partial charge in [0.15, 0.2) is 0 Å². The van der Waals surface area contributed by atoms with E-state index >= 15 is 0 Å². The van der Waals surface area contributed by atoms with Crippen molar-refractivity contribution in [2.24, 2.45) is 0 Å². The van der Waals surface area contributed by atoms with Gasteiger partial charge in [0.05, 0.1) is 28.0 Å². The van der Waals surface area contributed by atoms with Gasteiger partial charge in [-0.15, -0.1) is 0 Å². The Morgan fingerprint density at radius 1 is 1.30 bits per heavy atom. The van der Waals surface area contributed by atoms with Gasteiger partial charge in [-0.3, -0.25) is 4.68 Å². The van der Waals surface area contributed by atoms with Gasteiger partial charge in [-0.1, -0.05) is 30.1 Å². The smallest absolute Gasteiger partial charge is 0.0868 e. The second-order valence-electron chi connectivity index (χ2n) is 4.36. The Morgan fingerprint density at radius 2 is 2.05 bits per heavy atom. The van der Waals surface area contributed by atoms with E-state index in [0.717, 1.165) is 39.5 Å². The molecule has 0 bridgehead atoms. The molecule has 0 aliphatic rings. The Labute approximate surface area is 137 Å². The van der Waals surface area contributed by atoms with Crippen LogP contribution in [0.3, 0.4) is 0 Å². The molecular formula is C14H16BrCl2N3. The molecule has 1 aromatic carbocycles. The first-order chi connectivity index (χ1) is 9.56. The summed E-state index contributed by atoms with van der Waals surface area (Å²) in [5.41, 5.74) is 2.90. The molecule has 0 spiro atoms. The van der Waals surface area contributed by atoms with Crippen molar-refractivity contribution in [1.82, 2.24) is 9.78 Å². The summed E-state index contributed by atoms with van der Waals surface area (Å²) >= 11 is 15.8. The summed E-state index contributed by atoms with van der Waals surface area (Å²) < 4.78 is 2.82. The molecular weight excluding hydrogens is 361 g/mol. The lowest BCUT2D eigenvalue weighted by Crippen LogP contribution is -2.08. The van der Waals surface area contributed by atoms with E-state index in [1.807, 2.05) is 22.9 Å². The van der Waals surface area contributed by atoms with E-state index in [0.29, 0.717) is 11.6 Å². The zero-order chi connectivity index (χ0) is 14.7. The van der Waals surface area contributed by atoms with Gasteiger partial charge in [-0.05, 0) is 47.5 Å². The van der Waals surface area contributed by atoms with Crippen molar-refractivity contribution in [3.63, 3.8) is 0 Å². The van der Waals surface area contributed by atoms with Crippen LogP contribution in [0.4, 0.5) is 5.69 Å². The quantitative estimate of drug-likeness (QED) is 0.782. The first-order valence-corrected chi connectivity index (χ1v) is 8.04. The topological polar surface area (TPSA) is 29.9 Å². The third kappa shape index (κ3) is 3.30. The number of aryl methyl sites for hydroxylation is 2.